The van der Waals surface area contributed by atoms with Crippen LogP contribution in [0.2, 0.25) is 0 Å². The van der Waals surface area contributed by atoms with Crippen molar-refractivity contribution in [1.29, 1.82) is 0 Å². The second-order valence-corrected chi connectivity index (χ2v) is 4.81. The Hall–Kier alpha value is -1.91. The topological polar surface area (TPSA) is 63.6 Å². The summed E-state index contributed by atoms with van der Waals surface area (Å²) in [6, 6.07) is 0. The molecule has 0 saturated heterocycles. The third-order valence-electron chi connectivity index (χ3n) is 3.68. The molecule has 0 atom stereocenters. The maximum atomic E-state index is 12.1. The van der Waals surface area contributed by atoms with Crippen molar-refractivity contribution < 1.29 is 0 Å². The normalized spacial score (nSPS) is 14.6. The lowest BCUT2D eigenvalue weighted by Crippen LogP contribution is -2.21. The summed E-state index contributed by atoms with van der Waals surface area (Å²) >= 11 is 0. The number of hydrogen-bond acceptors (Lipinski definition) is 3. The highest BCUT2D eigenvalue weighted by atomic mass is 16.1. The zero-order valence-corrected chi connectivity index (χ0v) is 10.7. The van der Waals surface area contributed by atoms with E-state index in [2.05, 4.69) is 15.1 Å². The molecule has 0 unspecified atom stereocenters. The first kappa shape index (κ1) is 11.2. The minimum absolute atomic E-state index is 0.0120. The average molecular weight is 244 g/mol. The van der Waals surface area contributed by atoms with Gasteiger partial charge in [0.2, 0.25) is 0 Å². The van der Waals surface area contributed by atoms with Crippen molar-refractivity contribution in [3.8, 4) is 11.4 Å². The third kappa shape index (κ3) is 1.66. The zero-order chi connectivity index (χ0) is 12.7. The Morgan fingerprint density at radius 3 is 2.83 bits per heavy atom. The molecule has 2 heterocycles. The fraction of sp³-hybridized carbons (Fsp3) is 0.462. The first-order valence-corrected chi connectivity index (χ1v) is 6.28. The van der Waals surface area contributed by atoms with Crippen LogP contribution in [0.4, 0.5) is 0 Å². The van der Waals surface area contributed by atoms with Gasteiger partial charge in [0, 0.05) is 18.3 Å². The van der Waals surface area contributed by atoms with E-state index >= 15 is 0 Å². The smallest absolute Gasteiger partial charge is 0.254 e. The molecule has 0 fully saturated rings. The van der Waals surface area contributed by atoms with Crippen LogP contribution in [0.1, 0.15) is 29.8 Å². The lowest BCUT2D eigenvalue weighted by molar-refractivity contribution is 0.657. The van der Waals surface area contributed by atoms with E-state index in [9.17, 15) is 4.79 Å². The molecule has 94 valence electrons. The molecule has 0 amide bonds. The van der Waals surface area contributed by atoms with Gasteiger partial charge in [-0.25, -0.2) is 4.98 Å². The number of aryl methyl sites for hydroxylation is 2. The molecule has 1 aliphatic carbocycles. The largest absolute Gasteiger partial charge is 0.306 e. The van der Waals surface area contributed by atoms with Gasteiger partial charge in [-0.2, -0.15) is 5.10 Å². The highest BCUT2D eigenvalue weighted by molar-refractivity contribution is 5.57. The number of H-pyrrole nitrogens is 1. The number of nitrogens with zero attached hydrogens (tertiary/aromatic N) is 3. The monoisotopic (exact) mass is 244 g/mol. The van der Waals surface area contributed by atoms with E-state index in [-0.39, 0.29) is 5.56 Å². The zero-order valence-electron chi connectivity index (χ0n) is 10.7. The van der Waals surface area contributed by atoms with E-state index < -0.39 is 0 Å². The highest BCUT2D eigenvalue weighted by Crippen LogP contribution is 2.21. The molecule has 0 aromatic carbocycles. The van der Waals surface area contributed by atoms with Crippen LogP contribution in [-0.4, -0.2) is 19.7 Å². The maximum Gasteiger partial charge on any atom is 0.254 e. The van der Waals surface area contributed by atoms with E-state index in [1.807, 2.05) is 14.0 Å². The molecule has 3 rings (SSSR count). The molecular formula is C13H16N4O. The molecule has 0 aliphatic heterocycles. The van der Waals surface area contributed by atoms with Crippen LogP contribution < -0.4 is 5.56 Å². The predicted molar refractivity (Wildman–Crippen MR) is 68.4 cm³/mol. The van der Waals surface area contributed by atoms with Gasteiger partial charge in [0.15, 0.2) is 0 Å². The van der Waals surface area contributed by atoms with Crippen LogP contribution in [0.3, 0.4) is 0 Å². The fourth-order valence-electron chi connectivity index (χ4n) is 2.46. The molecule has 0 spiro atoms. The summed E-state index contributed by atoms with van der Waals surface area (Å²) in [6.07, 6.45) is 5.72. The van der Waals surface area contributed by atoms with Crippen molar-refractivity contribution in [1.82, 2.24) is 19.7 Å². The van der Waals surface area contributed by atoms with Gasteiger partial charge in [0.05, 0.1) is 17.5 Å². The second-order valence-electron chi connectivity index (χ2n) is 4.81. The van der Waals surface area contributed by atoms with Crippen molar-refractivity contribution >= 4 is 0 Å². The van der Waals surface area contributed by atoms with Crippen LogP contribution in [0.15, 0.2) is 11.0 Å². The minimum atomic E-state index is 0.0120. The van der Waals surface area contributed by atoms with Gasteiger partial charge in [0.25, 0.3) is 5.56 Å². The predicted octanol–water partition coefficient (Wildman–Crippen LogP) is 1.36. The highest BCUT2D eigenvalue weighted by Gasteiger charge is 2.17. The Bertz CT molecular complexity index is 653. The lowest BCUT2D eigenvalue weighted by Gasteiger charge is -2.14. The van der Waals surface area contributed by atoms with E-state index in [1.54, 1.807) is 10.9 Å². The molecule has 2 aromatic heterocycles. The number of aromatic nitrogens is 4. The second kappa shape index (κ2) is 4.08. The Kier molecular flexibility index (Phi) is 2.54. The van der Waals surface area contributed by atoms with Crippen molar-refractivity contribution in [2.24, 2.45) is 7.05 Å². The van der Waals surface area contributed by atoms with Crippen molar-refractivity contribution in [3.63, 3.8) is 0 Å². The van der Waals surface area contributed by atoms with Gasteiger partial charge in [-0.3, -0.25) is 9.48 Å². The Morgan fingerprint density at radius 1 is 1.33 bits per heavy atom. The molecular weight excluding hydrogens is 228 g/mol. The van der Waals surface area contributed by atoms with Crippen LogP contribution in [-0.2, 0) is 19.9 Å². The summed E-state index contributed by atoms with van der Waals surface area (Å²) in [5, 5.41) is 4.19. The SMILES string of the molecule is Cc1c(-c2nc3c(c(=O)[nH]2)CCCC3)cnn1C. The van der Waals surface area contributed by atoms with Crippen LogP contribution in [0.25, 0.3) is 11.4 Å². The summed E-state index contributed by atoms with van der Waals surface area (Å²) < 4.78 is 1.79. The quantitative estimate of drug-likeness (QED) is 0.823. The molecule has 1 N–H and O–H groups in total. The lowest BCUT2D eigenvalue weighted by atomic mass is 9.97. The van der Waals surface area contributed by atoms with Crippen molar-refractivity contribution in [2.45, 2.75) is 32.6 Å². The molecule has 5 heteroatoms. The van der Waals surface area contributed by atoms with Crippen LogP contribution >= 0.6 is 0 Å². The molecule has 1 aliphatic rings. The molecule has 5 nitrogen and oxygen atoms in total. The van der Waals surface area contributed by atoms with E-state index in [4.69, 9.17) is 0 Å². The fourth-order valence-corrected chi connectivity index (χ4v) is 2.46. The van der Waals surface area contributed by atoms with Gasteiger partial charge in [-0.05, 0) is 32.6 Å². The molecule has 0 bridgehead atoms. The standard InChI is InChI=1S/C13H16N4O/c1-8-10(7-14-17(8)2)12-15-11-6-4-3-5-9(11)13(18)16-12/h7H,3-6H2,1-2H3,(H,15,16,18). The number of nitrogens with one attached hydrogen (secondary N) is 1. The summed E-state index contributed by atoms with van der Waals surface area (Å²) in [5.41, 5.74) is 3.75. The van der Waals surface area contributed by atoms with Gasteiger partial charge >= 0.3 is 0 Å². The number of fused-ring (bicyclic) bond motifs is 1. The Labute approximate surface area is 105 Å². The molecule has 18 heavy (non-hydrogen) atoms. The van der Waals surface area contributed by atoms with Crippen LogP contribution in [0.5, 0.6) is 0 Å². The van der Waals surface area contributed by atoms with Gasteiger partial charge in [-0.15, -0.1) is 0 Å². The Morgan fingerprint density at radius 2 is 2.11 bits per heavy atom. The van der Waals surface area contributed by atoms with Crippen molar-refractivity contribution in [3.05, 3.63) is 33.5 Å². The molecule has 2 aromatic rings. The third-order valence-corrected chi connectivity index (χ3v) is 3.68. The van der Waals surface area contributed by atoms with E-state index in [1.165, 1.54) is 0 Å². The molecule has 0 radical (unpaired) electrons. The summed E-state index contributed by atoms with van der Waals surface area (Å²) in [4.78, 5) is 19.5. The molecule has 0 saturated carbocycles. The van der Waals surface area contributed by atoms with Gasteiger partial charge < -0.3 is 4.98 Å². The summed E-state index contributed by atoms with van der Waals surface area (Å²) in [5.74, 6) is 0.645. The van der Waals surface area contributed by atoms with Gasteiger partial charge in [-0.1, -0.05) is 0 Å². The number of rotatable bonds is 1. The first-order chi connectivity index (χ1) is 8.66. The van der Waals surface area contributed by atoms with Crippen LogP contribution in [0, 0.1) is 6.92 Å². The summed E-state index contributed by atoms with van der Waals surface area (Å²) in [6.45, 7) is 1.97. The minimum Gasteiger partial charge on any atom is -0.306 e. The maximum absolute atomic E-state index is 12.1. The summed E-state index contributed by atoms with van der Waals surface area (Å²) in [7, 11) is 1.88. The van der Waals surface area contributed by atoms with E-state index in [0.29, 0.717) is 5.82 Å². The van der Waals surface area contributed by atoms with Crippen molar-refractivity contribution in [2.75, 3.05) is 0 Å². The van der Waals surface area contributed by atoms with Gasteiger partial charge in [0.1, 0.15) is 5.82 Å². The first-order valence-electron chi connectivity index (χ1n) is 6.28. The number of hydrogen-bond donors (Lipinski definition) is 1. The average Bonchev–Trinajstić information content (AvgIpc) is 2.70. The van der Waals surface area contributed by atoms with E-state index in [0.717, 1.165) is 48.2 Å². The number of aromatic amines is 1. The Balaban J connectivity index is 2.17.